The summed E-state index contributed by atoms with van der Waals surface area (Å²) in [6, 6.07) is 6.49. The normalized spacial score (nSPS) is 10.3. The zero-order valence-electron chi connectivity index (χ0n) is 5.77. The van der Waals surface area contributed by atoms with Crippen molar-refractivity contribution in [3.05, 3.63) is 29.8 Å². The van der Waals surface area contributed by atoms with E-state index >= 15 is 0 Å². The van der Waals surface area contributed by atoms with Gasteiger partial charge in [-0.15, -0.1) is 5.90 Å². The third-order valence-corrected chi connectivity index (χ3v) is 1.16. The second-order valence-electron chi connectivity index (χ2n) is 1.93. The molecule has 0 saturated heterocycles. The van der Waals surface area contributed by atoms with Crippen LogP contribution in [0.5, 0.6) is 5.75 Å². The Labute approximate surface area is 63.8 Å². The number of oxime groups is 1. The molecule has 0 aliphatic carbocycles. The van der Waals surface area contributed by atoms with E-state index in [1.807, 2.05) is 0 Å². The fraction of sp³-hybridized carbons (Fsp3) is 0. The van der Waals surface area contributed by atoms with Crippen LogP contribution in [0, 0.1) is 0 Å². The average Bonchev–Trinajstić information content (AvgIpc) is 2.04. The molecule has 0 radical (unpaired) electrons. The van der Waals surface area contributed by atoms with Crippen LogP contribution in [0.3, 0.4) is 0 Å². The van der Waals surface area contributed by atoms with E-state index in [4.69, 9.17) is 5.11 Å². The van der Waals surface area contributed by atoms with Crippen LogP contribution in [0.2, 0.25) is 0 Å². The van der Waals surface area contributed by atoms with Crippen LogP contribution in [-0.4, -0.2) is 11.3 Å². The zero-order chi connectivity index (χ0) is 8.10. The molecule has 11 heavy (non-hydrogen) atoms. The number of hydrogen-bond donors (Lipinski definition) is 2. The fourth-order valence-corrected chi connectivity index (χ4v) is 0.652. The largest absolute Gasteiger partial charge is 0.508 e. The van der Waals surface area contributed by atoms with Crippen LogP contribution in [-0.2, 0) is 4.94 Å². The molecule has 0 spiro atoms. The number of nitrogens with two attached hydrogens (primary N) is 1. The maximum absolute atomic E-state index is 8.88. The van der Waals surface area contributed by atoms with Gasteiger partial charge in [-0.2, -0.15) is 0 Å². The Morgan fingerprint density at radius 2 is 2.00 bits per heavy atom. The van der Waals surface area contributed by atoms with Gasteiger partial charge in [0.1, 0.15) is 5.75 Å². The molecule has 1 aromatic carbocycles. The van der Waals surface area contributed by atoms with Crippen LogP contribution in [0.4, 0.5) is 0 Å². The first-order chi connectivity index (χ1) is 5.33. The van der Waals surface area contributed by atoms with Crippen LogP contribution in [0.1, 0.15) is 5.56 Å². The van der Waals surface area contributed by atoms with Crippen molar-refractivity contribution in [2.75, 3.05) is 0 Å². The first-order valence-electron chi connectivity index (χ1n) is 3.01. The summed E-state index contributed by atoms with van der Waals surface area (Å²) in [7, 11) is 0. The number of nitrogens with zero attached hydrogens (tertiary/aromatic N) is 1. The van der Waals surface area contributed by atoms with Crippen LogP contribution < -0.4 is 5.90 Å². The molecule has 0 bridgehead atoms. The fourth-order valence-electron chi connectivity index (χ4n) is 0.652. The summed E-state index contributed by atoms with van der Waals surface area (Å²) in [6.07, 6.45) is 1.44. The summed E-state index contributed by atoms with van der Waals surface area (Å²) in [5.74, 6) is 4.88. The number of phenolic OH excluding ortho intramolecular Hbond substituents is 1. The molecule has 3 N–H and O–H groups in total. The highest BCUT2D eigenvalue weighted by molar-refractivity contribution is 5.79. The lowest BCUT2D eigenvalue weighted by atomic mass is 10.2. The van der Waals surface area contributed by atoms with E-state index in [1.54, 1.807) is 24.3 Å². The summed E-state index contributed by atoms with van der Waals surface area (Å²) in [5.41, 5.74) is 0.813. The smallest absolute Gasteiger partial charge is 0.115 e. The van der Waals surface area contributed by atoms with Gasteiger partial charge in [-0.3, -0.25) is 0 Å². The second kappa shape index (κ2) is 3.58. The number of benzene rings is 1. The predicted octanol–water partition coefficient (Wildman–Crippen LogP) is 0.616. The summed E-state index contributed by atoms with van der Waals surface area (Å²) >= 11 is 0. The van der Waals surface area contributed by atoms with Crippen molar-refractivity contribution in [3.63, 3.8) is 0 Å². The van der Waals surface area contributed by atoms with Crippen molar-refractivity contribution >= 4 is 6.21 Å². The number of hydrogen-bond acceptors (Lipinski definition) is 4. The molecule has 0 aromatic heterocycles. The third-order valence-electron chi connectivity index (χ3n) is 1.16. The minimum Gasteiger partial charge on any atom is -0.508 e. The van der Waals surface area contributed by atoms with Gasteiger partial charge in [-0.1, -0.05) is 5.16 Å². The minimum absolute atomic E-state index is 0.218. The zero-order valence-corrected chi connectivity index (χ0v) is 5.77. The molecular weight excluding hydrogens is 144 g/mol. The SMILES string of the molecule is NON=Cc1ccc(O)cc1. The molecule has 1 rings (SSSR count). The van der Waals surface area contributed by atoms with Gasteiger partial charge in [0, 0.05) is 0 Å². The summed E-state index contributed by atoms with van der Waals surface area (Å²) in [4.78, 5) is 3.98. The molecular formula is C7H8N2O2. The Morgan fingerprint density at radius 3 is 2.55 bits per heavy atom. The van der Waals surface area contributed by atoms with Gasteiger partial charge in [0.05, 0.1) is 6.21 Å². The average molecular weight is 152 g/mol. The van der Waals surface area contributed by atoms with Gasteiger partial charge in [0.15, 0.2) is 0 Å². The molecule has 0 aliphatic heterocycles. The Balaban J connectivity index is 2.73. The predicted molar refractivity (Wildman–Crippen MR) is 41.0 cm³/mol. The van der Waals surface area contributed by atoms with E-state index in [-0.39, 0.29) is 5.75 Å². The van der Waals surface area contributed by atoms with E-state index in [0.29, 0.717) is 0 Å². The molecule has 0 atom stereocenters. The van der Waals surface area contributed by atoms with Crippen molar-refractivity contribution < 1.29 is 10.0 Å². The second-order valence-corrected chi connectivity index (χ2v) is 1.93. The van der Waals surface area contributed by atoms with Crippen molar-refractivity contribution in [2.24, 2.45) is 11.1 Å². The Bertz CT molecular complexity index is 243. The summed E-state index contributed by atoms with van der Waals surface area (Å²) < 4.78 is 0. The Morgan fingerprint density at radius 1 is 1.36 bits per heavy atom. The Kier molecular flexibility index (Phi) is 2.46. The van der Waals surface area contributed by atoms with Gasteiger partial charge in [0.25, 0.3) is 0 Å². The molecule has 0 fully saturated rings. The van der Waals surface area contributed by atoms with E-state index in [0.717, 1.165) is 5.56 Å². The molecule has 0 aliphatic rings. The molecule has 4 heteroatoms. The van der Waals surface area contributed by atoms with Gasteiger partial charge in [0.2, 0.25) is 0 Å². The van der Waals surface area contributed by atoms with Crippen molar-refractivity contribution in [2.45, 2.75) is 0 Å². The topological polar surface area (TPSA) is 67.8 Å². The van der Waals surface area contributed by atoms with Crippen LogP contribution >= 0.6 is 0 Å². The number of aromatic hydroxyl groups is 1. The monoisotopic (exact) mass is 152 g/mol. The molecule has 0 unspecified atom stereocenters. The summed E-state index contributed by atoms with van der Waals surface area (Å²) in [5, 5.41) is 12.2. The maximum Gasteiger partial charge on any atom is 0.115 e. The van der Waals surface area contributed by atoms with Crippen LogP contribution in [0.15, 0.2) is 29.4 Å². The van der Waals surface area contributed by atoms with Crippen molar-refractivity contribution in [3.8, 4) is 5.75 Å². The van der Waals surface area contributed by atoms with E-state index < -0.39 is 0 Å². The standard InChI is InChI=1S/C7H8N2O2/c8-11-9-5-6-1-3-7(10)4-2-6/h1-5,10H,8H2. The van der Waals surface area contributed by atoms with E-state index in [2.05, 4.69) is 16.0 Å². The lowest BCUT2D eigenvalue weighted by Crippen LogP contribution is -1.90. The molecule has 4 nitrogen and oxygen atoms in total. The quantitative estimate of drug-likeness (QED) is 0.482. The maximum atomic E-state index is 8.88. The van der Waals surface area contributed by atoms with Gasteiger partial charge in [-0.05, 0) is 29.8 Å². The molecule has 0 amide bonds. The minimum atomic E-state index is 0.218. The summed E-state index contributed by atoms with van der Waals surface area (Å²) in [6.45, 7) is 0. The van der Waals surface area contributed by atoms with Crippen molar-refractivity contribution in [1.29, 1.82) is 0 Å². The molecule has 1 aromatic rings. The highest BCUT2D eigenvalue weighted by Gasteiger charge is 1.87. The van der Waals surface area contributed by atoms with Crippen molar-refractivity contribution in [1.82, 2.24) is 0 Å². The van der Waals surface area contributed by atoms with Gasteiger partial charge >= 0.3 is 0 Å². The van der Waals surface area contributed by atoms with Gasteiger partial charge < -0.3 is 10.0 Å². The third kappa shape index (κ3) is 2.27. The van der Waals surface area contributed by atoms with Gasteiger partial charge in [-0.25, -0.2) is 0 Å². The molecule has 58 valence electrons. The number of rotatable bonds is 2. The van der Waals surface area contributed by atoms with Crippen LogP contribution in [0.25, 0.3) is 0 Å². The lowest BCUT2D eigenvalue weighted by Gasteiger charge is -1.91. The first-order valence-corrected chi connectivity index (χ1v) is 3.01. The molecule has 0 heterocycles. The number of phenols is 1. The molecule has 0 saturated carbocycles. The van der Waals surface area contributed by atoms with E-state index in [9.17, 15) is 0 Å². The highest BCUT2D eigenvalue weighted by Crippen LogP contribution is 2.07. The van der Waals surface area contributed by atoms with E-state index in [1.165, 1.54) is 6.21 Å². The first kappa shape index (κ1) is 7.56. The lowest BCUT2D eigenvalue weighted by molar-refractivity contribution is 0.150. The Hall–Kier alpha value is -1.55. The highest BCUT2D eigenvalue weighted by atomic mass is 16.7.